The lowest BCUT2D eigenvalue weighted by atomic mass is 9.74. The van der Waals surface area contributed by atoms with Crippen LogP contribution in [0.3, 0.4) is 0 Å². The fraction of sp³-hybridized carbons (Fsp3) is 0.500. The van der Waals surface area contributed by atoms with E-state index < -0.39 is 5.41 Å². The highest BCUT2D eigenvalue weighted by Crippen LogP contribution is 2.45. The Labute approximate surface area is 96.5 Å². The van der Waals surface area contributed by atoms with Crippen LogP contribution in [0.5, 0.6) is 0 Å². The smallest absolute Gasteiger partial charge is 0.0873 e. The number of nitriles is 1. The number of hydrogen-bond acceptors (Lipinski definition) is 2. The third-order valence-corrected chi connectivity index (χ3v) is 3.96. The molecule has 2 heteroatoms. The van der Waals surface area contributed by atoms with E-state index in [1.807, 2.05) is 38.1 Å². The lowest BCUT2D eigenvalue weighted by Gasteiger charge is -2.27. The van der Waals surface area contributed by atoms with E-state index in [9.17, 15) is 10.4 Å². The van der Waals surface area contributed by atoms with Crippen LogP contribution in [0.25, 0.3) is 0 Å². The van der Waals surface area contributed by atoms with Crippen LogP contribution < -0.4 is 0 Å². The highest BCUT2D eigenvalue weighted by Gasteiger charge is 2.46. The summed E-state index contributed by atoms with van der Waals surface area (Å²) in [5, 5.41) is 19.3. The number of hydrogen-bond donors (Lipinski definition) is 1. The molecular weight excluding hydrogens is 198 g/mol. The molecule has 1 saturated carbocycles. The highest BCUT2D eigenvalue weighted by molar-refractivity contribution is 5.37. The monoisotopic (exact) mass is 215 g/mol. The van der Waals surface area contributed by atoms with Crippen molar-refractivity contribution in [1.29, 1.82) is 5.26 Å². The lowest BCUT2D eigenvalue weighted by Crippen LogP contribution is -2.31. The van der Waals surface area contributed by atoms with Gasteiger partial charge in [0.1, 0.15) is 0 Å². The first-order valence-corrected chi connectivity index (χ1v) is 5.76. The second-order valence-electron chi connectivity index (χ2n) is 4.84. The third kappa shape index (κ3) is 1.52. The molecule has 3 atom stereocenters. The predicted octanol–water partition coefficient (Wildman–Crippen LogP) is 2.55. The first-order valence-electron chi connectivity index (χ1n) is 5.76. The molecule has 1 N–H and O–H groups in total. The summed E-state index contributed by atoms with van der Waals surface area (Å²) in [4.78, 5) is 0. The van der Waals surface area contributed by atoms with Crippen LogP contribution in [0.15, 0.2) is 24.3 Å². The zero-order valence-corrected chi connectivity index (χ0v) is 9.77. The van der Waals surface area contributed by atoms with Crippen molar-refractivity contribution in [1.82, 2.24) is 0 Å². The standard InChI is InChI=1S/C14H17NO/c1-10-3-5-12(6-4-10)14(9-15)8-7-13(16)11(14)2/h3-6,11,13,16H,7-8H2,1-2H3/t11-,13?,14+/m0/s1. The second-order valence-corrected chi connectivity index (χ2v) is 4.84. The first-order chi connectivity index (χ1) is 7.60. The Morgan fingerprint density at radius 2 is 2.00 bits per heavy atom. The van der Waals surface area contributed by atoms with E-state index in [0.717, 1.165) is 18.4 Å². The molecule has 0 saturated heterocycles. The minimum absolute atomic E-state index is 0.0141. The molecule has 1 fully saturated rings. The summed E-state index contributed by atoms with van der Waals surface area (Å²) in [5.41, 5.74) is 1.75. The number of rotatable bonds is 1. The fourth-order valence-corrected chi connectivity index (χ4v) is 2.66. The van der Waals surface area contributed by atoms with Crippen molar-refractivity contribution < 1.29 is 5.11 Å². The Hall–Kier alpha value is -1.33. The van der Waals surface area contributed by atoms with Gasteiger partial charge >= 0.3 is 0 Å². The van der Waals surface area contributed by atoms with E-state index in [-0.39, 0.29) is 12.0 Å². The van der Waals surface area contributed by atoms with Gasteiger partial charge < -0.3 is 5.11 Å². The molecule has 0 heterocycles. The SMILES string of the molecule is Cc1ccc([C@@]2(C#N)CCC(O)[C@@H]2C)cc1. The van der Waals surface area contributed by atoms with Crippen LogP contribution in [0.4, 0.5) is 0 Å². The maximum Gasteiger partial charge on any atom is 0.0873 e. The molecule has 2 nitrogen and oxygen atoms in total. The van der Waals surface area contributed by atoms with Crippen LogP contribution in [0, 0.1) is 24.2 Å². The molecule has 0 aliphatic heterocycles. The van der Waals surface area contributed by atoms with E-state index in [1.165, 1.54) is 5.56 Å². The summed E-state index contributed by atoms with van der Waals surface area (Å²) < 4.78 is 0. The topological polar surface area (TPSA) is 44.0 Å². The molecule has 16 heavy (non-hydrogen) atoms. The molecule has 1 aromatic carbocycles. The van der Waals surface area contributed by atoms with Gasteiger partial charge in [-0.25, -0.2) is 0 Å². The number of nitrogens with zero attached hydrogens (tertiary/aromatic N) is 1. The van der Waals surface area contributed by atoms with E-state index >= 15 is 0 Å². The summed E-state index contributed by atoms with van der Waals surface area (Å²) in [6.07, 6.45) is 1.14. The van der Waals surface area contributed by atoms with Crippen molar-refractivity contribution in [3.63, 3.8) is 0 Å². The Morgan fingerprint density at radius 3 is 2.44 bits per heavy atom. The molecule has 0 radical (unpaired) electrons. The molecule has 84 valence electrons. The van der Waals surface area contributed by atoms with Gasteiger partial charge in [-0.2, -0.15) is 5.26 Å². The largest absolute Gasteiger partial charge is 0.393 e. The predicted molar refractivity (Wildman–Crippen MR) is 62.9 cm³/mol. The van der Waals surface area contributed by atoms with Gasteiger partial charge in [0.15, 0.2) is 0 Å². The van der Waals surface area contributed by atoms with Crippen molar-refractivity contribution in [2.75, 3.05) is 0 Å². The van der Waals surface area contributed by atoms with Crippen molar-refractivity contribution in [3.8, 4) is 6.07 Å². The Bertz CT molecular complexity index is 417. The van der Waals surface area contributed by atoms with Gasteiger partial charge in [-0.3, -0.25) is 0 Å². The summed E-state index contributed by atoms with van der Waals surface area (Å²) >= 11 is 0. The average molecular weight is 215 g/mol. The van der Waals surface area contributed by atoms with Gasteiger partial charge in [-0.1, -0.05) is 36.8 Å². The van der Waals surface area contributed by atoms with Gasteiger partial charge in [0, 0.05) is 5.92 Å². The van der Waals surface area contributed by atoms with Crippen LogP contribution in [-0.2, 0) is 5.41 Å². The highest BCUT2D eigenvalue weighted by atomic mass is 16.3. The summed E-state index contributed by atoms with van der Waals surface area (Å²) in [6, 6.07) is 10.5. The quantitative estimate of drug-likeness (QED) is 0.782. The molecule has 1 aromatic rings. The van der Waals surface area contributed by atoms with Crippen molar-refractivity contribution in [2.24, 2.45) is 5.92 Å². The van der Waals surface area contributed by atoms with Gasteiger partial charge in [0.05, 0.1) is 17.6 Å². The summed E-state index contributed by atoms with van der Waals surface area (Å²) in [7, 11) is 0. The molecular formula is C14H17NO. The Kier molecular flexibility index (Phi) is 2.73. The van der Waals surface area contributed by atoms with Crippen LogP contribution in [0.2, 0.25) is 0 Å². The van der Waals surface area contributed by atoms with E-state index in [1.54, 1.807) is 0 Å². The maximum atomic E-state index is 9.83. The number of aliphatic hydroxyl groups excluding tert-OH is 1. The van der Waals surface area contributed by atoms with Gasteiger partial charge in [0.25, 0.3) is 0 Å². The van der Waals surface area contributed by atoms with E-state index in [4.69, 9.17) is 0 Å². The van der Waals surface area contributed by atoms with Crippen LogP contribution in [0.1, 0.15) is 30.9 Å². The number of aliphatic hydroxyl groups is 1. The number of benzene rings is 1. The maximum absolute atomic E-state index is 9.83. The third-order valence-electron chi connectivity index (χ3n) is 3.96. The molecule has 1 aliphatic rings. The van der Waals surface area contributed by atoms with Crippen molar-refractivity contribution >= 4 is 0 Å². The molecule has 0 spiro atoms. The molecule has 0 aromatic heterocycles. The van der Waals surface area contributed by atoms with Gasteiger partial charge in [-0.15, -0.1) is 0 Å². The molecule has 0 amide bonds. The molecule has 1 aliphatic carbocycles. The van der Waals surface area contributed by atoms with Crippen molar-refractivity contribution in [2.45, 2.75) is 38.2 Å². The van der Waals surface area contributed by atoms with Crippen LogP contribution in [-0.4, -0.2) is 11.2 Å². The van der Waals surface area contributed by atoms with E-state index in [0.29, 0.717) is 0 Å². The van der Waals surface area contributed by atoms with E-state index in [2.05, 4.69) is 6.07 Å². The Balaban J connectivity index is 2.44. The fourth-order valence-electron chi connectivity index (χ4n) is 2.66. The number of aryl methyl sites for hydroxylation is 1. The first kappa shape index (κ1) is 11.2. The van der Waals surface area contributed by atoms with Crippen molar-refractivity contribution in [3.05, 3.63) is 35.4 Å². The summed E-state index contributed by atoms with van der Waals surface area (Å²) in [6.45, 7) is 4.01. The second kappa shape index (κ2) is 3.92. The summed E-state index contributed by atoms with van der Waals surface area (Å²) in [5.74, 6) is 0.0141. The normalized spacial score (nSPS) is 33.6. The van der Waals surface area contributed by atoms with Gasteiger partial charge in [-0.05, 0) is 25.3 Å². The average Bonchev–Trinajstić information content (AvgIpc) is 2.59. The van der Waals surface area contributed by atoms with Gasteiger partial charge in [0.2, 0.25) is 0 Å². The lowest BCUT2D eigenvalue weighted by molar-refractivity contribution is 0.128. The molecule has 2 rings (SSSR count). The molecule has 1 unspecified atom stereocenters. The zero-order valence-electron chi connectivity index (χ0n) is 9.77. The minimum Gasteiger partial charge on any atom is -0.393 e. The minimum atomic E-state index is -0.493. The molecule has 0 bridgehead atoms. The zero-order chi connectivity index (χ0) is 11.8. The Morgan fingerprint density at radius 1 is 1.38 bits per heavy atom. The van der Waals surface area contributed by atoms with Crippen LogP contribution >= 0.6 is 0 Å².